The van der Waals surface area contributed by atoms with Crippen LogP contribution in [0.3, 0.4) is 0 Å². The molecule has 1 aliphatic heterocycles. The lowest BCUT2D eigenvalue weighted by atomic mass is 10.0. The number of carboxylic acids is 1. The number of carboxylic acid groups (broad SMARTS) is 1. The van der Waals surface area contributed by atoms with Gasteiger partial charge in [0.25, 0.3) is 5.91 Å². The fraction of sp³-hybridized carbons (Fsp3) is 0.263. The highest BCUT2D eigenvalue weighted by Gasteiger charge is 2.27. The van der Waals surface area contributed by atoms with E-state index in [2.05, 4.69) is 0 Å². The van der Waals surface area contributed by atoms with E-state index in [9.17, 15) is 9.59 Å². The maximum atomic E-state index is 12.7. The molecule has 0 aromatic heterocycles. The lowest BCUT2D eigenvalue weighted by Crippen LogP contribution is -2.42. The summed E-state index contributed by atoms with van der Waals surface area (Å²) in [5, 5.41) is 9.08. The highest BCUT2D eigenvalue weighted by Crippen LogP contribution is 2.25. The Hall–Kier alpha value is -2.66. The normalized spacial score (nSPS) is 17.5. The molecule has 5 nitrogen and oxygen atoms in total. The molecule has 124 valence electrons. The van der Waals surface area contributed by atoms with E-state index in [-0.39, 0.29) is 17.6 Å². The van der Waals surface area contributed by atoms with E-state index in [1.807, 2.05) is 31.2 Å². The molecule has 3 rings (SSSR count). The minimum atomic E-state index is -1.04. The number of amides is 1. The number of hydrogen-bond donors (Lipinski definition) is 1. The number of aryl methyl sites for hydroxylation is 1. The maximum Gasteiger partial charge on any atom is 0.335 e. The van der Waals surface area contributed by atoms with Gasteiger partial charge in [0.1, 0.15) is 6.10 Å². The summed E-state index contributed by atoms with van der Waals surface area (Å²) < 4.78 is 5.84. The van der Waals surface area contributed by atoms with Crippen molar-refractivity contribution in [2.45, 2.75) is 13.0 Å². The first kappa shape index (κ1) is 16.2. The van der Waals surface area contributed by atoms with Crippen molar-refractivity contribution in [1.82, 2.24) is 4.90 Å². The highest BCUT2D eigenvalue weighted by atomic mass is 16.5. The molecule has 24 heavy (non-hydrogen) atoms. The molecule has 0 radical (unpaired) electrons. The van der Waals surface area contributed by atoms with Gasteiger partial charge in [0.05, 0.1) is 18.7 Å². The standard InChI is InChI=1S/C19H19NO4/c1-13-5-2-3-8-16(13)17-12-20(9-10-24-17)18(21)14-6-4-7-15(11-14)19(22)23/h2-8,11,17H,9-10,12H2,1H3,(H,22,23). The van der Waals surface area contributed by atoms with Gasteiger partial charge in [0, 0.05) is 12.1 Å². The van der Waals surface area contributed by atoms with Gasteiger partial charge in [-0.3, -0.25) is 4.79 Å². The Balaban J connectivity index is 1.79. The van der Waals surface area contributed by atoms with Crippen molar-refractivity contribution in [2.24, 2.45) is 0 Å². The molecule has 0 aliphatic carbocycles. The van der Waals surface area contributed by atoms with Gasteiger partial charge in [-0.1, -0.05) is 30.3 Å². The molecule has 2 aromatic carbocycles. The zero-order valence-corrected chi connectivity index (χ0v) is 13.4. The second kappa shape index (κ2) is 6.84. The molecule has 0 bridgehead atoms. The lowest BCUT2D eigenvalue weighted by Gasteiger charge is -2.34. The lowest BCUT2D eigenvalue weighted by molar-refractivity contribution is -0.0230. The molecule has 1 amide bonds. The van der Waals surface area contributed by atoms with Crippen LogP contribution in [0.4, 0.5) is 0 Å². The second-order valence-electron chi connectivity index (χ2n) is 5.85. The summed E-state index contributed by atoms with van der Waals surface area (Å²) in [7, 11) is 0. The molecule has 1 aliphatic rings. The highest BCUT2D eigenvalue weighted by molar-refractivity contribution is 5.97. The van der Waals surface area contributed by atoms with Crippen molar-refractivity contribution >= 4 is 11.9 Å². The average Bonchev–Trinajstić information content (AvgIpc) is 2.61. The summed E-state index contributed by atoms with van der Waals surface area (Å²) in [6.07, 6.45) is -0.161. The third-order valence-corrected chi connectivity index (χ3v) is 4.25. The van der Waals surface area contributed by atoms with Crippen molar-refractivity contribution in [3.05, 3.63) is 70.8 Å². The molecule has 0 saturated carbocycles. The second-order valence-corrected chi connectivity index (χ2v) is 5.85. The fourth-order valence-corrected chi connectivity index (χ4v) is 2.94. The Morgan fingerprint density at radius 1 is 1.12 bits per heavy atom. The van der Waals surface area contributed by atoms with Crippen LogP contribution in [-0.2, 0) is 4.74 Å². The number of nitrogens with zero attached hydrogens (tertiary/aromatic N) is 1. The largest absolute Gasteiger partial charge is 0.478 e. The van der Waals surface area contributed by atoms with E-state index in [0.717, 1.165) is 11.1 Å². The summed E-state index contributed by atoms with van der Waals surface area (Å²) in [6, 6.07) is 14.1. The van der Waals surface area contributed by atoms with Crippen molar-refractivity contribution in [3.8, 4) is 0 Å². The molecule has 0 spiro atoms. The third-order valence-electron chi connectivity index (χ3n) is 4.25. The molecule has 1 heterocycles. The Morgan fingerprint density at radius 3 is 2.62 bits per heavy atom. The summed E-state index contributed by atoms with van der Waals surface area (Å²) in [5.74, 6) is -1.20. The Morgan fingerprint density at radius 2 is 1.88 bits per heavy atom. The van der Waals surface area contributed by atoms with Crippen LogP contribution >= 0.6 is 0 Å². The van der Waals surface area contributed by atoms with E-state index < -0.39 is 5.97 Å². The quantitative estimate of drug-likeness (QED) is 0.942. The summed E-state index contributed by atoms with van der Waals surface area (Å²) in [6.45, 7) is 3.44. The van der Waals surface area contributed by atoms with Crippen LogP contribution in [-0.4, -0.2) is 41.6 Å². The Kier molecular flexibility index (Phi) is 4.62. The van der Waals surface area contributed by atoms with E-state index in [0.29, 0.717) is 25.3 Å². The average molecular weight is 325 g/mol. The first-order chi connectivity index (χ1) is 11.6. The van der Waals surface area contributed by atoms with Crippen LogP contribution in [0.2, 0.25) is 0 Å². The number of hydrogen-bond acceptors (Lipinski definition) is 3. The van der Waals surface area contributed by atoms with Crippen LogP contribution < -0.4 is 0 Å². The van der Waals surface area contributed by atoms with E-state index in [4.69, 9.17) is 9.84 Å². The maximum absolute atomic E-state index is 12.7. The Bertz CT molecular complexity index is 771. The molecule has 5 heteroatoms. The van der Waals surface area contributed by atoms with Crippen molar-refractivity contribution in [2.75, 3.05) is 19.7 Å². The van der Waals surface area contributed by atoms with Crippen LogP contribution in [0.5, 0.6) is 0 Å². The number of benzene rings is 2. The third kappa shape index (κ3) is 3.31. The molecule has 1 fully saturated rings. The van der Waals surface area contributed by atoms with Gasteiger partial charge in [-0.05, 0) is 36.2 Å². The van der Waals surface area contributed by atoms with Crippen LogP contribution in [0.25, 0.3) is 0 Å². The van der Waals surface area contributed by atoms with Gasteiger partial charge < -0.3 is 14.7 Å². The van der Waals surface area contributed by atoms with Gasteiger partial charge in [0.2, 0.25) is 0 Å². The van der Waals surface area contributed by atoms with Crippen LogP contribution in [0, 0.1) is 6.92 Å². The van der Waals surface area contributed by atoms with Gasteiger partial charge in [-0.25, -0.2) is 4.79 Å². The summed E-state index contributed by atoms with van der Waals surface area (Å²) in [5.41, 5.74) is 2.71. The van der Waals surface area contributed by atoms with Crippen LogP contribution in [0.15, 0.2) is 48.5 Å². The monoisotopic (exact) mass is 325 g/mol. The number of carbonyl (C=O) groups excluding carboxylic acids is 1. The van der Waals surface area contributed by atoms with Crippen molar-refractivity contribution < 1.29 is 19.4 Å². The Labute approximate surface area is 140 Å². The molecule has 2 aromatic rings. The first-order valence-electron chi connectivity index (χ1n) is 7.86. The van der Waals surface area contributed by atoms with E-state index in [1.165, 1.54) is 12.1 Å². The first-order valence-corrected chi connectivity index (χ1v) is 7.86. The number of rotatable bonds is 3. The number of aromatic carboxylic acids is 1. The van der Waals surface area contributed by atoms with Crippen LogP contribution in [0.1, 0.15) is 37.9 Å². The number of morpholine rings is 1. The summed E-state index contributed by atoms with van der Waals surface area (Å²) >= 11 is 0. The van der Waals surface area contributed by atoms with E-state index >= 15 is 0 Å². The zero-order chi connectivity index (χ0) is 17.1. The van der Waals surface area contributed by atoms with Gasteiger partial charge in [-0.15, -0.1) is 0 Å². The molecular formula is C19H19NO4. The summed E-state index contributed by atoms with van der Waals surface area (Å²) in [4.78, 5) is 25.5. The van der Waals surface area contributed by atoms with E-state index in [1.54, 1.807) is 17.0 Å². The predicted octanol–water partition coefficient (Wildman–Crippen LogP) is 2.91. The van der Waals surface area contributed by atoms with Gasteiger partial charge in [-0.2, -0.15) is 0 Å². The topological polar surface area (TPSA) is 66.8 Å². The van der Waals surface area contributed by atoms with Gasteiger partial charge in [0.15, 0.2) is 0 Å². The predicted molar refractivity (Wildman–Crippen MR) is 89.2 cm³/mol. The minimum Gasteiger partial charge on any atom is -0.478 e. The smallest absolute Gasteiger partial charge is 0.335 e. The molecule has 1 unspecified atom stereocenters. The molecular weight excluding hydrogens is 306 g/mol. The SMILES string of the molecule is Cc1ccccc1C1CN(C(=O)c2cccc(C(=O)O)c2)CCO1. The van der Waals surface area contributed by atoms with Crippen molar-refractivity contribution in [3.63, 3.8) is 0 Å². The molecule has 1 N–H and O–H groups in total. The fourth-order valence-electron chi connectivity index (χ4n) is 2.94. The molecule has 1 saturated heterocycles. The number of carbonyl (C=O) groups is 2. The van der Waals surface area contributed by atoms with Gasteiger partial charge >= 0.3 is 5.97 Å². The number of ether oxygens (including phenoxy) is 1. The molecule has 1 atom stereocenters. The minimum absolute atomic E-state index is 0.115. The zero-order valence-electron chi connectivity index (χ0n) is 13.4. The van der Waals surface area contributed by atoms with Crippen molar-refractivity contribution in [1.29, 1.82) is 0 Å².